The van der Waals surface area contributed by atoms with Crippen LogP contribution in [0.2, 0.25) is 0 Å². The number of rotatable bonds is 7. The third kappa shape index (κ3) is 6.81. The van der Waals surface area contributed by atoms with Gasteiger partial charge in [-0.15, -0.1) is 18.2 Å². The SMILES string of the molecule is C#CCSCCNC(=O)C(C)CNC. The van der Waals surface area contributed by atoms with Gasteiger partial charge in [0.15, 0.2) is 0 Å². The van der Waals surface area contributed by atoms with Crippen LogP contribution in [0.15, 0.2) is 0 Å². The largest absolute Gasteiger partial charge is 0.355 e. The van der Waals surface area contributed by atoms with Crippen molar-refractivity contribution < 1.29 is 4.79 Å². The molecule has 0 radical (unpaired) electrons. The predicted molar refractivity (Wildman–Crippen MR) is 62.3 cm³/mol. The van der Waals surface area contributed by atoms with Crippen molar-refractivity contribution in [3.63, 3.8) is 0 Å². The van der Waals surface area contributed by atoms with Crippen molar-refractivity contribution in [1.82, 2.24) is 10.6 Å². The average molecular weight is 214 g/mol. The minimum absolute atomic E-state index is 0.0256. The van der Waals surface area contributed by atoms with Crippen LogP contribution in [0.25, 0.3) is 0 Å². The summed E-state index contributed by atoms with van der Waals surface area (Å²) in [5.74, 6) is 4.25. The molecule has 0 bridgehead atoms. The van der Waals surface area contributed by atoms with Crippen molar-refractivity contribution in [2.24, 2.45) is 5.92 Å². The van der Waals surface area contributed by atoms with Gasteiger partial charge in [-0.2, -0.15) is 0 Å². The standard InChI is InChI=1S/C10H18N2OS/c1-4-6-14-7-5-12-10(13)9(2)8-11-3/h1,9,11H,5-8H2,2-3H3,(H,12,13). The van der Waals surface area contributed by atoms with Gasteiger partial charge >= 0.3 is 0 Å². The van der Waals surface area contributed by atoms with Crippen molar-refractivity contribution in [2.45, 2.75) is 6.92 Å². The molecule has 80 valence electrons. The van der Waals surface area contributed by atoms with Gasteiger partial charge in [-0.1, -0.05) is 12.8 Å². The number of amides is 1. The van der Waals surface area contributed by atoms with Gasteiger partial charge in [-0.25, -0.2) is 0 Å². The molecule has 0 heterocycles. The van der Waals surface area contributed by atoms with Crippen molar-refractivity contribution in [1.29, 1.82) is 0 Å². The Morgan fingerprint density at radius 1 is 1.64 bits per heavy atom. The van der Waals surface area contributed by atoms with Crippen molar-refractivity contribution in [2.75, 3.05) is 31.6 Å². The van der Waals surface area contributed by atoms with Gasteiger partial charge in [0.1, 0.15) is 0 Å². The lowest BCUT2D eigenvalue weighted by Gasteiger charge is -2.10. The van der Waals surface area contributed by atoms with Crippen molar-refractivity contribution >= 4 is 17.7 Å². The van der Waals surface area contributed by atoms with E-state index >= 15 is 0 Å². The smallest absolute Gasteiger partial charge is 0.224 e. The summed E-state index contributed by atoms with van der Waals surface area (Å²) < 4.78 is 0. The maximum Gasteiger partial charge on any atom is 0.224 e. The zero-order chi connectivity index (χ0) is 10.8. The summed E-state index contributed by atoms with van der Waals surface area (Å²) in [6, 6.07) is 0. The van der Waals surface area contributed by atoms with E-state index in [1.165, 1.54) is 0 Å². The lowest BCUT2D eigenvalue weighted by atomic mass is 10.1. The predicted octanol–water partition coefficient (Wildman–Crippen LogP) is 0.325. The molecule has 2 N–H and O–H groups in total. The second-order valence-corrected chi connectivity index (χ2v) is 4.11. The maximum absolute atomic E-state index is 11.4. The fourth-order valence-corrected chi connectivity index (χ4v) is 1.46. The molecule has 0 aliphatic heterocycles. The van der Waals surface area contributed by atoms with Crippen LogP contribution in [-0.2, 0) is 4.79 Å². The van der Waals surface area contributed by atoms with Crippen LogP contribution < -0.4 is 10.6 Å². The molecular formula is C10H18N2OS. The van der Waals surface area contributed by atoms with Gasteiger partial charge in [-0.05, 0) is 7.05 Å². The van der Waals surface area contributed by atoms with E-state index < -0.39 is 0 Å². The molecule has 0 saturated carbocycles. The molecule has 3 nitrogen and oxygen atoms in total. The molecule has 0 spiro atoms. The highest BCUT2D eigenvalue weighted by atomic mass is 32.2. The Kier molecular flexibility index (Phi) is 8.50. The topological polar surface area (TPSA) is 41.1 Å². The van der Waals surface area contributed by atoms with Crippen molar-refractivity contribution in [3.05, 3.63) is 0 Å². The maximum atomic E-state index is 11.4. The highest BCUT2D eigenvalue weighted by Crippen LogP contribution is 1.96. The van der Waals surface area contributed by atoms with E-state index in [1.807, 2.05) is 14.0 Å². The Morgan fingerprint density at radius 3 is 2.93 bits per heavy atom. The van der Waals surface area contributed by atoms with Crippen LogP contribution in [0.4, 0.5) is 0 Å². The monoisotopic (exact) mass is 214 g/mol. The molecular weight excluding hydrogens is 196 g/mol. The van der Waals surface area contributed by atoms with E-state index in [2.05, 4.69) is 16.6 Å². The highest BCUT2D eigenvalue weighted by Gasteiger charge is 2.09. The zero-order valence-corrected chi connectivity index (χ0v) is 9.62. The zero-order valence-electron chi connectivity index (χ0n) is 8.80. The first-order valence-corrected chi connectivity index (χ1v) is 5.81. The number of carbonyl (C=O) groups excluding carboxylic acids is 1. The molecule has 1 atom stereocenters. The number of hydrogen-bond acceptors (Lipinski definition) is 3. The van der Waals surface area contributed by atoms with Crippen LogP contribution in [-0.4, -0.2) is 37.6 Å². The van der Waals surface area contributed by atoms with Gasteiger partial charge in [0.05, 0.1) is 5.75 Å². The summed E-state index contributed by atoms with van der Waals surface area (Å²) in [5, 5.41) is 5.82. The van der Waals surface area contributed by atoms with E-state index in [-0.39, 0.29) is 11.8 Å². The Morgan fingerprint density at radius 2 is 2.36 bits per heavy atom. The summed E-state index contributed by atoms with van der Waals surface area (Å²) >= 11 is 1.65. The van der Waals surface area contributed by atoms with Gasteiger partial charge < -0.3 is 10.6 Å². The van der Waals surface area contributed by atoms with E-state index in [1.54, 1.807) is 11.8 Å². The average Bonchev–Trinajstić information content (AvgIpc) is 2.17. The van der Waals surface area contributed by atoms with Crippen LogP contribution in [0.3, 0.4) is 0 Å². The van der Waals surface area contributed by atoms with Crippen LogP contribution >= 0.6 is 11.8 Å². The fourth-order valence-electron chi connectivity index (χ4n) is 0.951. The Hall–Kier alpha value is -0.660. The molecule has 4 heteroatoms. The fraction of sp³-hybridized carbons (Fsp3) is 0.700. The summed E-state index contributed by atoms with van der Waals surface area (Å²) in [6.45, 7) is 3.31. The molecule has 0 aromatic heterocycles. The van der Waals surface area contributed by atoms with E-state index in [0.29, 0.717) is 18.8 Å². The minimum Gasteiger partial charge on any atom is -0.355 e. The first-order valence-electron chi connectivity index (χ1n) is 4.66. The highest BCUT2D eigenvalue weighted by molar-refractivity contribution is 7.99. The second-order valence-electron chi connectivity index (χ2n) is 3.01. The van der Waals surface area contributed by atoms with Crippen LogP contribution in [0, 0.1) is 18.3 Å². The molecule has 0 saturated heterocycles. The third-order valence-electron chi connectivity index (χ3n) is 1.69. The molecule has 14 heavy (non-hydrogen) atoms. The third-order valence-corrected chi connectivity index (χ3v) is 2.55. The first-order chi connectivity index (χ1) is 6.72. The molecule has 0 fully saturated rings. The second kappa shape index (κ2) is 8.92. The Bertz CT molecular complexity index is 201. The number of thioether (sulfide) groups is 1. The number of hydrogen-bond donors (Lipinski definition) is 2. The van der Waals surface area contributed by atoms with Gasteiger partial charge in [-0.3, -0.25) is 4.79 Å². The molecule has 0 aliphatic rings. The summed E-state index contributed by atoms with van der Waals surface area (Å²) in [4.78, 5) is 11.4. The summed E-state index contributed by atoms with van der Waals surface area (Å²) in [6.07, 6.45) is 5.09. The summed E-state index contributed by atoms with van der Waals surface area (Å²) in [7, 11) is 1.84. The molecule has 0 aromatic rings. The Labute approximate surface area is 90.4 Å². The molecule has 1 amide bonds. The van der Waals surface area contributed by atoms with Gasteiger partial charge in [0.2, 0.25) is 5.91 Å². The quantitative estimate of drug-likeness (QED) is 0.474. The van der Waals surface area contributed by atoms with Crippen molar-refractivity contribution in [3.8, 4) is 12.3 Å². The molecule has 0 aromatic carbocycles. The lowest BCUT2D eigenvalue weighted by molar-refractivity contribution is -0.124. The van der Waals surface area contributed by atoms with E-state index in [9.17, 15) is 4.79 Å². The van der Waals surface area contributed by atoms with E-state index in [4.69, 9.17) is 6.42 Å². The normalized spacial score (nSPS) is 11.8. The molecule has 1 unspecified atom stereocenters. The Balaban J connectivity index is 3.40. The van der Waals surface area contributed by atoms with Crippen LogP contribution in [0.5, 0.6) is 0 Å². The minimum atomic E-state index is 0.0256. The summed E-state index contributed by atoms with van der Waals surface area (Å²) in [5.41, 5.74) is 0. The van der Waals surface area contributed by atoms with Gasteiger partial charge in [0, 0.05) is 24.8 Å². The molecule has 0 rings (SSSR count). The van der Waals surface area contributed by atoms with Gasteiger partial charge in [0.25, 0.3) is 0 Å². The number of carbonyl (C=O) groups is 1. The van der Waals surface area contributed by atoms with E-state index in [0.717, 1.165) is 5.75 Å². The number of terminal acetylenes is 1. The van der Waals surface area contributed by atoms with Crippen LogP contribution in [0.1, 0.15) is 6.92 Å². The lowest BCUT2D eigenvalue weighted by Crippen LogP contribution is -2.35. The molecule has 0 aliphatic carbocycles. The first kappa shape index (κ1) is 13.3. The number of nitrogens with one attached hydrogen (secondary N) is 2.